The van der Waals surface area contributed by atoms with Crippen molar-refractivity contribution in [2.45, 2.75) is 12.2 Å². The van der Waals surface area contributed by atoms with Crippen LogP contribution in [-0.4, -0.2) is 42.4 Å². The van der Waals surface area contributed by atoms with Gasteiger partial charge in [0.15, 0.2) is 0 Å². The largest absolute Gasteiger partial charge is 0.389 e. The van der Waals surface area contributed by atoms with Gasteiger partial charge in [-0.25, -0.2) is 15.0 Å². The quantitative estimate of drug-likeness (QED) is 0.628. The van der Waals surface area contributed by atoms with Gasteiger partial charge in [0.25, 0.3) is 0 Å². The first-order chi connectivity index (χ1) is 8.22. The van der Waals surface area contributed by atoms with Crippen molar-refractivity contribution in [1.29, 1.82) is 0 Å². The van der Waals surface area contributed by atoms with Crippen molar-refractivity contribution < 1.29 is 10.2 Å². The molecule has 2 aromatic rings. The molecule has 0 bridgehead atoms. The monoisotopic (exact) mass is 235 g/mol. The maximum atomic E-state index is 9.68. The van der Waals surface area contributed by atoms with Gasteiger partial charge in [-0.1, -0.05) is 0 Å². The van der Waals surface area contributed by atoms with Crippen LogP contribution in [0.1, 0.15) is 11.7 Å². The van der Waals surface area contributed by atoms with Crippen LogP contribution < -0.4 is 5.73 Å². The average molecular weight is 235 g/mol. The van der Waals surface area contributed by atoms with E-state index in [9.17, 15) is 10.2 Å². The van der Waals surface area contributed by atoms with E-state index in [4.69, 9.17) is 5.73 Å². The predicted molar refractivity (Wildman–Crippen MR) is 59.2 cm³/mol. The summed E-state index contributed by atoms with van der Waals surface area (Å²) in [6.45, 7) is -0.0234. The topological polar surface area (TPSA) is 110 Å². The van der Waals surface area contributed by atoms with E-state index in [1.807, 2.05) is 0 Å². The van der Waals surface area contributed by atoms with Gasteiger partial charge in [-0.05, 0) is 0 Å². The summed E-state index contributed by atoms with van der Waals surface area (Å²) < 4.78 is 1.63. The van der Waals surface area contributed by atoms with E-state index in [-0.39, 0.29) is 6.54 Å². The molecule has 4 N–H and O–H groups in total. The van der Waals surface area contributed by atoms with Crippen LogP contribution in [0.15, 0.2) is 31.1 Å². The molecule has 0 aromatic carbocycles. The Hall–Kier alpha value is -1.83. The molecular formula is C10H13N5O2. The second-order valence-electron chi connectivity index (χ2n) is 3.53. The molecule has 17 heavy (non-hydrogen) atoms. The van der Waals surface area contributed by atoms with Gasteiger partial charge in [-0.3, -0.25) is 4.57 Å². The number of aliphatic hydroxyl groups excluding tert-OH is 2. The summed E-state index contributed by atoms with van der Waals surface area (Å²) in [6, 6.07) is 0. The second kappa shape index (κ2) is 5.00. The number of hydrogen-bond donors (Lipinski definition) is 3. The Balaban J connectivity index is 2.18. The Bertz CT molecular complexity index is 456. The van der Waals surface area contributed by atoms with E-state index in [0.717, 1.165) is 0 Å². The van der Waals surface area contributed by atoms with Crippen molar-refractivity contribution in [3.8, 4) is 5.95 Å². The molecule has 2 unspecified atom stereocenters. The first-order valence-electron chi connectivity index (χ1n) is 5.09. The first kappa shape index (κ1) is 11.6. The summed E-state index contributed by atoms with van der Waals surface area (Å²) in [7, 11) is 0. The number of hydrogen-bond acceptors (Lipinski definition) is 6. The zero-order valence-electron chi connectivity index (χ0n) is 9.01. The van der Waals surface area contributed by atoms with Gasteiger partial charge in [-0.2, -0.15) is 0 Å². The molecule has 90 valence electrons. The van der Waals surface area contributed by atoms with Crippen molar-refractivity contribution >= 4 is 0 Å². The Labute approximate surface area is 97.6 Å². The first-order valence-corrected chi connectivity index (χ1v) is 5.09. The Morgan fingerprint density at radius 3 is 2.53 bits per heavy atom. The maximum Gasteiger partial charge on any atom is 0.234 e. The Kier molecular flexibility index (Phi) is 3.43. The molecular weight excluding hydrogens is 222 g/mol. The highest BCUT2D eigenvalue weighted by Crippen LogP contribution is 2.14. The predicted octanol–water partition coefficient (Wildman–Crippen LogP) is -0.985. The minimum Gasteiger partial charge on any atom is -0.389 e. The minimum atomic E-state index is -1.07. The van der Waals surface area contributed by atoms with Crippen LogP contribution in [0.2, 0.25) is 0 Å². The molecule has 0 radical (unpaired) electrons. The zero-order valence-corrected chi connectivity index (χ0v) is 9.01. The summed E-state index contributed by atoms with van der Waals surface area (Å²) in [6.07, 6.45) is 5.71. The zero-order chi connectivity index (χ0) is 12.3. The molecule has 2 rings (SSSR count). The lowest BCUT2D eigenvalue weighted by molar-refractivity contribution is 0.0239. The molecule has 0 saturated carbocycles. The molecule has 0 aliphatic heterocycles. The average Bonchev–Trinajstić information content (AvgIpc) is 2.91. The van der Waals surface area contributed by atoms with Crippen LogP contribution in [0.25, 0.3) is 5.95 Å². The lowest BCUT2D eigenvalue weighted by Gasteiger charge is -2.15. The molecule has 7 nitrogen and oxygen atoms in total. The molecule has 0 saturated heterocycles. The number of aromatic nitrogens is 4. The van der Waals surface area contributed by atoms with Gasteiger partial charge in [-0.15, -0.1) is 0 Å². The fourth-order valence-corrected chi connectivity index (χ4v) is 1.35. The van der Waals surface area contributed by atoms with Gasteiger partial charge in [0.2, 0.25) is 5.95 Å². The number of nitrogens with zero attached hydrogens (tertiary/aromatic N) is 4. The van der Waals surface area contributed by atoms with E-state index >= 15 is 0 Å². The summed E-state index contributed by atoms with van der Waals surface area (Å²) in [5.74, 6) is 0.445. The molecule has 0 spiro atoms. The normalized spacial score (nSPS) is 14.5. The van der Waals surface area contributed by atoms with Gasteiger partial charge < -0.3 is 15.9 Å². The van der Waals surface area contributed by atoms with Crippen molar-refractivity contribution in [3.05, 3.63) is 36.7 Å². The third kappa shape index (κ3) is 2.47. The smallest absolute Gasteiger partial charge is 0.234 e. The molecule has 0 aliphatic carbocycles. The lowest BCUT2D eigenvalue weighted by atomic mass is 10.1. The van der Waals surface area contributed by atoms with E-state index < -0.39 is 12.2 Å². The van der Waals surface area contributed by atoms with E-state index in [2.05, 4.69) is 15.0 Å². The van der Waals surface area contributed by atoms with E-state index in [1.54, 1.807) is 23.3 Å². The molecule has 2 aromatic heterocycles. The molecule has 2 heterocycles. The van der Waals surface area contributed by atoms with Crippen molar-refractivity contribution in [2.75, 3.05) is 6.54 Å². The van der Waals surface area contributed by atoms with Crippen LogP contribution in [-0.2, 0) is 0 Å². The van der Waals surface area contributed by atoms with Gasteiger partial charge in [0.1, 0.15) is 12.4 Å². The van der Waals surface area contributed by atoms with Gasteiger partial charge in [0.05, 0.1) is 6.10 Å². The summed E-state index contributed by atoms with van der Waals surface area (Å²) in [4.78, 5) is 12.0. The molecule has 0 aliphatic rings. The minimum absolute atomic E-state index is 0.0234. The summed E-state index contributed by atoms with van der Waals surface area (Å²) in [5.41, 5.74) is 5.68. The fourth-order valence-electron chi connectivity index (χ4n) is 1.35. The highest BCUT2D eigenvalue weighted by molar-refractivity contribution is 5.17. The number of aliphatic hydroxyl groups is 2. The molecule has 0 amide bonds. The van der Waals surface area contributed by atoms with Gasteiger partial charge in [0, 0.05) is 36.9 Å². The molecule has 0 fully saturated rings. The third-order valence-corrected chi connectivity index (χ3v) is 2.34. The fraction of sp³-hybridized carbons (Fsp3) is 0.300. The summed E-state index contributed by atoms with van der Waals surface area (Å²) >= 11 is 0. The van der Waals surface area contributed by atoms with E-state index in [1.165, 1.54) is 12.4 Å². The number of imidazole rings is 1. The highest BCUT2D eigenvalue weighted by Gasteiger charge is 2.17. The van der Waals surface area contributed by atoms with Crippen LogP contribution in [0.5, 0.6) is 0 Å². The van der Waals surface area contributed by atoms with Crippen molar-refractivity contribution in [2.24, 2.45) is 5.73 Å². The SMILES string of the molecule is NCC(O)C(O)c1cnc(-n2ccnc2)nc1. The molecule has 2 atom stereocenters. The van der Waals surface area contributed by atoms with Crippen LogP contribution in [0.4, 0.5) is 0 Å². The van der Waals surface area contributed by atoms with Crippen LogP contribution in [0.3, 0.4) is 0 Å². The summed E-state index contributed by atoms with van der Waals surface area (Å²) in [5, 5.41) is 19.1. The Morgan fingerprint density at radius 2 is 2.00 bits per heavy atom. The maximum absolute atomic E-state index is 9.68. The Morgan fingerprint density at radius 1 is 1.29 bits per heavy atom. The van der Waals surface area contributed by atoms with Gasteiger partial charge >= 0.3 is 0 Å². The van der Waals surface area contributed by atoms with Crippen LogP contribution in [0, 0.1) is 0 Å². The van der Waals surface area contributed by atoms with Crippen molar-refractivity contribution in [1.82, 2.24) is 19.5 Å². The second-order valence-corrected chi connectivity index (χ2v) is 3.53. The van der Waals surface area contributed by atoms with E-state index in [0.29, 0.717) is 11.5 Å². The third-order valence-electron chi connectivity index (χ3n) is 2.34. The number of rotatable bonds is 4. The van der Waals surface area contributed by atoms with Crippen LogP contribution >= 0.6 is 0 Å². The lowest BCUT2D eigenvalue weighted by Crippen LogP contribution is -2.27. The molecule has 7 heteroatoms. The number of nitrogens with two attached hydrogens (primary N) is 1. The highest BCUT2D eigenvalue weighted by atomic mass is 16.3. The standard InChI is InChI=1S/C10H13N5O2/c11-3-8(16)9(17)7-4-13-10(14-5-7)15-2-1-12-6-15/h1-2,4-6,8-9,16-17H,3,11H2. The van der Waals surface area contributed by atoms with Crippen molar-refractivity contribution in [3.63, 3.8) is 0 Å².